The summed E-state index contributed by atoms with van der Waals surface area (Å²) in [6.07, 6.45) is 6.36. The van der Waals surface area contributed by atoms with Crippen molar-refractivity contribution in [3.63, 3.8) is 0 Å². The topological polar surface area (TPSA) is 37.4 Å². The van der Waals surface area contributed by atoms with Gasteiger partial charge in [-0.05, 0) is 26.0 Å². The fraction of sp³-hybridized carbons (Fsp3) is 0.667. The SMILES string of the molecule is CC(C)NCc1cnccc1OCCN(C)C1CC1. The molecule has 1 aromatic rings. The highest BCUT2D eigenvalue weighted by Gasteiger charge is 2.25. The number of hydrogen-bond donors (Lipinski definition) is 1. The van der Waals surface area contributed by atoms with Crippen LogP contribution >= 0.6 is 0 Å². The fourth-order valence-corrected chi connectivity index (χ4v) is 2.00. The van der Waals surface area contributed by atoms with E-state index in [2.05, 4.69) is 36.1 Å². The van der Waals surface area contributed by atoms with Gasteiger partial charge in [-0.1, -0.05) is 13.8 Å². The summed E-state index contributed by atoms with van der Waals surface area (Å²) in [6, 6.07) is 3.21. The molecular weight excluding hydrogens is 238 g/mol. The lowest BCUT2D eigenvalue weighted by atomic mass is 10.2. The molecule has 1 saturated carbocycles. The van der Waals surface area contributed by atoms with E-state index in [-0.39, 0.29) is 0 Å². The second-order valence-electron chi connectivity index (χ2n) is 5.58. The zero-order chi connectivity index (χ0) is 13.7. The molecule has 0 atom stereocenters. The summed E-state index contributed by atoms with van der Waals surface area (Å²) in [7, 11) is 2.18. The van der Waals surface area contributed by atoms with Crippen molar-refractivity contribution in [1.82, 2.24) is 15.2 Å². The Labute approximate surface area is 116 Å². The molecule has 0 radical (unpaired) electrons. The molecule has 0 unspecified atom stereocenters. The number of nitrogens with zero attached hydrogens (tertiary/aromatic N) is 2. The van der Waals surface area contributed by atoms with Gasteiger partial charge in [-0.3, -0.25) is 4.98 Å². The molecular formula is C15H25N3O. The van der Waals surface area contributed by atoms with Crippen LogP contribution in [0.5, 0.6) is 5.75 Å². The van der Waals surface area contributed by atoms with Gasteiger partial charge in [-0.25, -0.2) is 0 Å². The van der Waals surface area contributed by atoms with Crippen LogP contribution in [-0.4, -0.2) is 42.2 Å². The number of nitrogens with one attached hydrogen (secondary N) is 1. The van der Waals surface area contributed by atoms with E-state index in [0.717, 1.165) is 37.1 Å². The third kappa shape index (κ3) is 4.80. The highest BCUT2D eigenvalue weighted by Crippen LogP contribution is 2.25. The molecule has 106 valence electrons. The van der Waals surface area contributed by atoms with E-state index in [1.807, 2.05) is 12.3 Å². The summed E-state index contributed by atoms with van der Waals surface area (Å²) in [5.41, 5.74) is 1.13. The molecule has 0 aliphatic heterocycles. The molecule has 1 N–H and O–H groups in total. The summed E-state index contributed by atoms with van der Waals surface area (Å²) in [5.74, 6) is 0.951. The Morgan fingerprint density at radius 1 is 1.47 bits per heavy atom. The van der Waals surface area contributed by atoms with Crippen molar-refractivity contribution in [3.05, 3.63) is 24.0 Å². The van der Waals surface area contributed by atoms with Gasteiger partial charge in [0.15, 0.2) is 0 Å². The van der Waals surface area contributed by atoms with Crippen LogP contribution in [0.4, 0.5) is 0 Å². The van der Waals surface area contributed by atoms with Crippen LogP contribution in [0, 0.1) is 0 Å². The largest absolute Gasteiger partial charge is 0.492 e. The third-order valence-corrected chi connectivity index (χ3v) is 3.43. The monoisotopic (exact) mass is 263 g/mol. The van der Waals surface area contributed by atoms with E-state index < -0.39 is 0 Å². The molecule has 0 spiro atoms. The maximum Gasteiger partial charge on any atom is 0.126 e. The maximum atomic E-state index is 5.90. The number of ether oxygens (including phenoxy) is 1. The third-order valence-electron chi connectivity index (χ3n) is 3.43. The highest BCUT2D eigenvalue weighted by atomic mass is 16.5. The Bertz CT molecular complexity index is 391. The number of pyridine rings is 1. The molecule has 1 aliphatic rings. The molecule has 2 rings (SSSR count). The van der Waals surface area contributed by atoms with Gasteiger partial charge in [-0.15, -0.1) is 0 Å². The van der Waals surface area contributed by atoms with Crippen molar-refractivity contribution in [2.45, 2.75) is 45.3 Å². The second kappa shape index (κ2) is 6.87. The lowest BCUT2D eigenvalue weighted by Gasteiger charge is -2.17. The number of aromatic nitrogens is 1. The van der Waals surface area contributed by atoms with Crippen molar-refractivity contribution in [3.8, 4) is 5.75 Å². The number of hydrogen-bond acceptors (Lipinski definition) is 4. The van der Waals surface area contributed by atoms with E-state index in [1.165, 1.54) is 12.8 Å². The lowest BCUT2D eigenvalue weighted by molar-refractivity contribution is 0.230. The first-order valence-corrected chi connectivity index (χ1v) is 7.16. The molecule has 1 aromatic heterocycles. The first-order chi connectivity index (χ1) is 9.16. The minimum Gasteiger partial charge on any atom is -0.492 e. The van der Waals surface area contributed by atoms with E-state index in [1.54, 1.807) is 6.20 Å². The Morgan fingerprint density at radius 3 is 2.95 bits per heavy atom. The Kier molecular flexibility index (Phi) is 5.16. The van der Waals surface area contributed by atoms with Gasteiger partial charge < -0.3 is 15.0 Å². The van der Waals surface area contributed by atoms with Gasteiger partial charge in [0, 0.05) is 43.1 Å². The average molecular weight is 263 g/mol. The predicted octanol–water partition coefficient (Wildman–Crippen LogP) is 2.05. The molecule has 1 aliphatic carbocycles. The minimum atomic E-state index is 0.467. The van der Waals surface area contributed by atoms with Gasteiger partial charge in [0.05, 0.1) is 0 Å². The van der Waals surface area contributed by atoms with Crippen LogP contribution in [-0.2, 0) is 6.54 Å². The second-order valence-corrected chi connectivity index (χ2v) is 5.58. The zero-order valence-electron chi connectivity index (χ0n) is 12.2. The number of rotatable bonds is 8. The minimum absolute atomic E-state index is 0.467. The van der Waals surface area contributed by atoms with Crippen LogP contribution in [0.25, 0.3) is 0 Å². The lowest BCUT2D eigenvalue weighted by Crippen LogP contribution is -2.26. The predicted molar refractivity (Wildman–Crippen MR) is 77.4 cm³/mol. The molecule has 0 aromatic carbocycles. The van der Waals surface area contributed by atoms with Crippen molar-refractivity contribution in [2.75, 3.05) is 20.2 Å². The summed E-state index contributed by atoms with van der Waals surface area (Å²) >= 11 is 0. The normalized spacial score (nSPS) is 15.2. The summed E-state index contributed by atoms with van der Waals surface area (Å²) in [6.45, 7) is 6.82. The first kappa shape index (κ1) is 14.3. The van der Waals surface area contributed by atoms with Crippen molar-refractivity contribution < 1.29 is 4.74 Å². The average Bonchev–Trinajstić information content (AvgIpc) is 3.21. The summed E-state index contributed by atoms with van der Waals surface area (Å²) in [4.78, 5) is 6.56. The Hall–Kier alpha value is -1.13. The van der Waals surface area contributed by atoms with Gasteiger partial charge in [0.2, 0.25) is 0 Å². The van der Waals surface area contributed by atoms with E-state index in [9.17, 15) is 0 Å². The van der Waals surface area contributed by atoms with Crippen molar-refractivity contribution in [1.29, 1.82) is 0 Å². The van der Waals surface area contributed by atoms with Gasteiger partial charge in [-0.2, -0.15) is 0 Å². The quantitative estimate of drug-likeness (QED) is 0.779. The van der Waals surface area contributed by atoms with Gasteiger partial charge in [0.25, 0.3) is 0 Å². The van der Waals surface area contributed by atoms with Crippen LogP contribution < -0.4 is 10.1 Å². The van der Waals surface area contributed by atoms with E-state index in [4.69, 9.17) is 4.74 Å². The smallest absolute Gasteiger partial charge is 0.126 e. The first-order valence-electron chi connectivity index (χ1n) is 7.16. The standard InChI is InChI=1S/C15H25N3O/c1-12(2)17-11-13-10-16-7-6-15(13)19-9-8-18(3)14-4-5-14/h6-7,10,12,14,17H,4-5,8-9,11H2,1-3H3. The number of likely N-dealkylation sites (N-methyl/N-ethyl adjacent to an activating group) is 1. The van der Waals surface area contributed by atoms with Gasteiger partial charge >= 0.3 is 0 Å². The molecule has 1 fully saturated rings. The van der Waals surface area contributed by atoms with Crippen LogP contribution in [0.3, 0.4) is 0 Å². The summed E-state index contributed by atoms with van der Waals surface area (Å²) in [5, 5.41) is 3.40. The molecule has 0 saturated heterocycles. The van der Waals surface area contributed by atoms with E-state index in [0.29, 0.717) is 6.04 Å². The molecule has 1 heterocycles. The molecule has 4 heteroatoms. The fourth-order valence-electron chi connectivity index (χ4n) is 2.00. The molecule has 0 amide bonds. The van der Waals surface area contributed by atoms with Gasteiger partial charge in [0.1, 0.15) is 12.4 Å². The van der Waals surface area contributed by atoms with Crippen LogP contribution in [0.15, 0.2) is 18.5 Å². The Balaban J connectivity index is 1.80. The maximum absolute atomic E-state index is 5.90. The van der Waals surface area contributed by atoms with Crippen molar-refractivity contribution >= 4 is 0 Å². The zero-order valence-corrected chi connectivity index (χ0v) is 12.2. The molecule has 0 bridgehead atoms. The van der Waals surface area contributed by atoms with E-state index >= 15 is 0 Å². The van der Waals surface area contributed by atoms with Crippen molar-refractivity contribution in [2.24, 2.45) is 0 Å². The van der Waals surface area contributed by atoms with Crippen LogP contribution in [0.1, 0.15) is 32.3 Å². The summed E-state index contributed by atoms with van der Waals surface area (Å²) < 4.78 is 5.90. The van der Waals surface area contributed by atoms with Crippen LogP contribution in [0.2, 0.25) is 0 Å². The highest BCUT2D eigenvalue weighted by molar-refractivity contribution is 5.29. The molecule has 19 heavy (non-hydrogen) atoms. The Morgan fingerprint density at radius 2 is 2.26 bits per heavy atom. The molecule has 4 nitrogen and oxygen atoms in total.